The van der Waals surface area contributed by atoms with Crippen molar-refractivity contribution in [1.29, 1.82) is 0 Å². The van der Waals surface area contributed by atoms with E-state index in [9.17, 15) is 18.0 Å². The van der Waals surface area contributed by atoms with Crippen molar-refractivity contribution in [3.63, 3.8) is 0 Å². The molecule has 0 aliphatic carbocycles. The first-order chi connectivity index (χ1) is 12.4. The van der Waals surface area contributed by atoms with Gasteiger partial charge in [0.25, 0.3) is 5.91 Å². The minimum Gasteiger partial charge on any atom is -0.378 e. The molecule has 0 atom stereocenters. The Hall–Kier alpha value is -2.54. The zero-order valence-electron chi connectivity index (χ0n) is 14.1. The van der Waals surface area contributed by atoms with Crippen LogP contribution in [0.2, 0.25) is 0 Å². The summed E-state index contributed by atoms with van der Waals surface area (Å²) in [5.41, 5.74) is 1.16. The second kappa shape index (κ2) is 7.78. The molecule has 0 radical (unpaired) electrons. The first-order valence-corrected chi connectivity index (χ1v) is 8.30. The van der Waals surface area contributed by atoms with Crippen LogP contribution in [0.5, 0.6) is 0 Å². The molecule has 2 aromatic rings. The summed E-state index contributed by atoms with van der Waals surface area (Å²) in [5.74, 6) is -0.323. The lowest BCUT2D eigenvalue weighted by Crippen LogP contribution is -2.36. The van der Waals surface area contributed by atoms with Crippen LogP contribution in [-0.4, -0.2) is 32.2 Å². The Kier molecular flexibility index (Phi) is 5.46. The fourth-order valence-electron chi connectivity index (χ4n) is 2.79. The molecule has 0 saturated carbocycles. The predicted octanol–water partition coefficient (Wildman–Crippen LogP) is 3.47. The predicted molar refractivity (Wildman–Crippen MR) is 92.1 cm³/mol. The van der Waals surface area contributed by atoms with Gasteiger partial charge in [-0.2, -0.15) is 13.2 Å². The van der Waals surface area contributed by atoms with Crippen molar-refractivity contribution in [2.45, 2.75) is 12.7 Å². The second-order valence-electron chi connectivity index (χ2n) is 6.03. The molecule has 138 valence electrons. The van der Waals surface area contributed by atoms with E-state index in [2.05, 4.69) is 10.2 Å². The molecular weight excluding hydrogens is 345 g/mol. The molecule has 0 spiro atoms. The van der Waals surface area contributed by atoms with E-state index >= 15 is 0 Å². The van der Waals surface area contributed by atoms with Crippen molar-refractivity contribution >= 4 is 11.6 Å². The first-order valence-electron chi connectivity index (χ1n) is 8.30. The Morgan fingerprint density at radius 3 is 2.42 bits per heavy atom. The van der Waals surface area contributed by atoms with E-state index in [1.165, 1.54) is 6.07 Å². The van der Waals surface area contributed by atoms with E-state index in [1.807, 2.05) is 12.1 Å². The van der Waals surface area contributed by atoms with Crippen LogP contribution in [-0.2, 0) is 17.5 Å². The van der Waals surface area contributed by atoms with Crippen molar-refractivity contribution in [3.8, 4) is 0 Å². The number of ether oxygens (including phenoxy) is 1. The van der Waals surface area contributed by atoms with Crippen molar-refractivity contribution < 1.29 is 22.7 Å². The largest absolute Gasteiger partial charge is 0.416 e. The Bertz CT molecular complexity index is 754. The van der Waals surface area contributed by atoms with E-state index in [1.54, 1.807) is 18.2 Å². The van der Waals surface area contributed by atoms with Gasteiger partial charge in [-0.15, -0.1) is 0 Å². The number of hydrogen-bond donors (Lipinski definition) is 1. The molecule has 1 saturated heterocycles. The normalized spacial score (nSPS) is 15.0. The van der Waals surface area contributed by atoms with Gasteiger partial charge in [0.15, 0.2) is 0 Å². The maximum absolute atomic E-state index is 12.7. The van der Waals surface area contributed by atoms with E-state index in [4.69, 9.17) is 4.74 Å². The molecule has 1 aliphatic rings. The number of halogens is 3. The van der Waals surface area contributed by atoms with Crippen LogP contribution in [0.15, 0.2) is 48.5 Å². The Labute approximate surface area is 149 Å². The van der Waals surface area contributed by atoms with Crippen LogP contribution in [0.1, 0.15) is 21.5 Å². The molecule has 4 nitrogen and oxygen atoms in total. The standard InChI is InChI=1S/C19H19F3N2O2/c20-19(21,22)16-3-1-2-14(12-16)13-23-18(25)15-4-6-17(7-5-15)24-8-10-26-11-9-24/h1-7,12H,8-11,13H2,(H,23,25). The lowest BCUT2D eigenvalue weighted by Gasteiger charge is -2.28. The number of carbonyl (C=O) groups is 1. The van der Waals surface area contributed by atoms with Crippen LogP contribution in [0.25, 0.3) is 0 Å². The first kappa shape index (κ1) is 18.3. The second-order valence-corrected chi connectivity index (χ2v) is 6.03. The number of rotatable bonds is 4. The molecule has 7 heteroatoms. The van der Waals surface area contributed by atoms with Gasteiger partial charge in [-0.1, -0.05) is 12.1 Å². The van der Waals surface area contributed by atoms with Gasteiger partial charge in [-0.25, -0.2) is 0 Å². The number of carbonyl (C=O) groups excluding carboxylic acids is 1. The number of anilines is 1. The van der Waals surface area contributed by atoms with Crippen LogP contribution in [0.3, 0.4) is 0 Å². The minimum atomic E-state index is -4.39. The van der Waals surface area contributed by atoms with E-state index < -0.39 is 11.7 Å². The molecule has 0 unspecified atom stereocenters. The average molecular weight is 364 g/mol. The summed E-state index contributed by atoms with van der Waals surface area (Å²) < 4.78 is 43.5. The molecule has 0 bridgehead atoms. The highest BCUT2D eigenvalue weighted by Gasteiger charge is 2.30. The van der Waals surface area contributed by atoms with Gasteiger partial charge in [0.05, 0.1) is 18.8 Å². The zero-order chi connectivity index (χ0) is 18.6. The molecule has 1 heterocycles. The summed E-state index contributed by atoms with van der Waals surface area (Å²) in [6.45, 7) is 3.01. The third-order valence-corrected chi connectivity index (χ3v) is 4.21. The fraction of sp³-hybridized carbons (Fsp3) is 0.316. The monoisotopic (exact) mass is 364 g/mol. The fourth-order valence-corrected chi connectivity index (χ4v) is 2.79. The van der Waals surface area contributed by atoms with Crippen LogP contribution >= 0.6 is 0 Å². The van der Waals surface area contributed by atoms with Gasteiger partial charge < -0.3 is 15.0 Å². The minimum absolute atomic E-state index is 0.0357. The number of alkyl halides is 3. The van der Waals surface area contributed by atoms with Crippen molar-refractivity contribution in [1.82, 2.24) is 5.32 Å². The smallest absolute Gasteiger partial charge is 0.378 e. The molecule has 1 N–H and O–H groups in total. The Morgan fingerprint density at radius 1 is 1.08 bits per heavy atom. The van der Waals surface area contributed by atoms with Gasteiger partial charge in [0, 0.05) is 30.9 Å². The molecule has 2 aromatic carbocycles. The zero-order valence-corrected chi connectivity index (χ0v) is 14.1. The highest BCUT2D eigenvalue weighted by atomic mass is 19.4. The lowest BCUT2D eigenvalue weighted by atomic mass is 10.1. The maximum Gasteiger partial charge on any atom is 0.416 e. The van der Waals surface area contributed by atoms with Crippen molar-refractivity contribution in [2.75, 3.05) is 31.2 Å². The Morgan fingerprint density at radius 2 is 1.77 bits per heavy atom. The number of nitrogens with one attached hydrogen (secondary N) is 1. The SMILES string of the molecule is O=C(NCc1cccc(C(F)(F)F)c1)c1ccc(N2CCOCC2)cc1. The third-order valence-electron chi connectivity index (χ3n) is 4.21. The summed E-state index contributed by atoms with van der Waals surface area (Å²) in [7, 11) is 0. The molecule has 1 aliphatic heterocycles. The van der Waals surface area contributed by atoms with E-state index in [-0.39, 0.29) is 12.5 Å². The van der Waals surface area contributed by atoms with Gasteiger partial charge in [0.2, 0.25) is 0 Å². The number of hydrogen-bond acceptors (Lipinski definition) is 3. The van der Waals surface area contributed by atoms with Gasteiger partial charge >= 0.3 is 6.18 Å². The van der Waals surface area contributed by atoms with E-state index in [0.717, 1.165) is 30.9 Å². The molecule has 0 aromatic heterocycles. The maximum atomic E-state index is 12.7. The number of nitrogens with zero attached hydrogens (tertiary/aromatic N) is 1. The van der Waals surface area contributed by atoms with Gasteiger partial charge in [-0.3, -0.25) is 4.79 Å². The summed E-state index contributed by atoms with van der Waals surface area (Å²) >= 11 is 0. The van der Waals surface area contributed by atoms with Crippen LogP contribution in [0.4, 0.5) is 18.9 Å². The summed E-state index contributed by atoms with van der Waals surface area (Å²) in [6, 6.07) is 12.1. The number of morpholine rings is 1. The average Bonchev–Trinajstić information content (AvgIpc) is 2.66. The molecule has 1 fully saturated rings. The summed E-state index contributed by atoms with van der Waals surface area (Å²) in [5, 5.41) is 2.65. The lowest BCUT2D eigenvalue weighted by molar-refractivity contribution is -0.137. The third kappa shape index (κ3) is 4.54. The van der Waals surface area contributed by atoms with Crippen LogP contribution in [0, 0.1) is 0 Å². The van der Waals surface area contributed by atoms with Crippen molar-refractivity contribution in [2.24, 2.45) is 0 Å². The quantitative estimate of drug-likeness (QED) is 0.903. The number of amides is 1. The Balaban J connectivity index is 1.60. The van der Waals surface area contributed by atoms with Gasteiger partial charge in [-0.05, 0) is 42.0 Å². The molecule has 26 heavy (non-hydrogen) atoms. The van der Waals surface area contributed by atoms with Crippen LogP contribution < -0.4 is 10.2 Å². The topological polar surface area (TPSA) is 41.6 Å². The molecule has 3 rings (SSSR count). The highest BCUT2D eigenvalue weighted by Crippen LogP contribution is 2.29. The van der Waals surface area contributed by atoms with E-state index in [0.29, 0.717) is 24.3 Å². The summed E-state index contributed by atoms with van der Waals surface area (Å²) in [6.07, 6.45) is -4.39. The molecular formula is C19H19F3N2O2. The van der Waals surface area contributed by atoms with Crippen molar-refractivity contribution in [3.05, 3.63) is 65.2 Å². The molecule has 1 amide bonds. The number of benzene rings is 2. The van der Waals surface area contributed by atoms with Gasteiger partial charge in [0.1, 0.15) is 0 Å². The summed E-state index contributed by atoms with van der Waals surface area (Å²) in [4.78, 5) is 14.4. The highest BCUT2D eigenvalue weighted by molar-refractivity contribution is 5.94.